The predicted molar refractivity (Wildman–Crippen MR) is 70.0 cm³/mol. The van der Waals surface area contributed by atoms with E-state index in [-0.39, 0.29) is 5.78 Å². The lowest BCUT2D eigenvalue weighted by Gasteiger charge is -2.04. The Hall–Kier alpha value is -1.66. The number of nitriles is 1. The topological polar surface area (TPSA) is 40.9 Å². The first-order valence-electron chi connectivity index (χ1n) is 5.41. The average molecular weight is 243 g/mol. The van der Waals surface area contributed by atoms with E-state index in [0.717, 1.165) is 26.5 Å². The molecule has 3 heteroatoms. The molecule has 0 saturated carbocycles. The molecule has 2 rings (SSSR count). The maximum absolute atomic E-state index is 12.3. The third kappa shape index (κ3) is 1.65. The van der Waals surface area contributed by atoms with Crippen molar-refractivity contribution in [3.63, 3.8) is 0 Å². The minimum atomic E-state index is 0.0719. The molecular formula is C14H13NOS. The highest BCUT2D eigenvalue weighted by Gasteiger charge is 2.33. The Bertz CT molecular complexity index is 619. The van der Waals surface area contributed by atoms with E-state index in [0.29, 0.717) is 11.1 Å². The van der Waals surface area contributed by atoms with Crippen molar-refractivity contribution in [3.05, 3.63) is 38.1 Å². The summed E-state index contributed by atoms with van der Waals surface area (Å²) in [6, 6.07) is 4.16. The summed E-state index contributed by atoms with van der Waals surface area (Å²) < 4.78 is 0. The van der Waals surface area contributed by atoms with Gasteiger partial charge in [-0.3, -0.25) is 4.79 Å². The molecule has 0 radical (unpaired) electrons. The molecule has 17 heavy (non-hydrogen) atoms. The zero-order valence-electron chi connectivity index (χ0n) is 10.3. The van der Waals surface area contributed by atoms with Gasteiger partial charge in [-0.25, -0.2) is 0 Å². The number of allylic oxidation sites excluding steroid dienone is 4. The van der Waals surface area contributed by atoms with Crippen LogP contribution in [-0.4, -0.2) is 5.78 Å². The Morgan fingerprint density at radius 1 is 1.29 bits per heavy atom. The van der Waals surface area contributed by atoms with E-state index in [4.69, 9.17) is 5.26 Å². The average Bonchev–Trinajstić information content (AvgIpc) is 2.75. The molecule has 2 nitrogen and oxygen atoms in total. The summed E-state index contributed by atoms with van der Waals surface area (Å²) in [4.78, 5) is 14.2. The highest BCUT2D eigenvalue weighted by Crippen LogP contribution is 2.44. The summed E-state index contributed by atoms with van der Waals surface area (Å²) in [6.07, 6.45) is 0. The number of fused-ring (bicyclic) bond motifs is 1. The Morgan fingerprint density at radius 2 is 1.94 bits per heavy atom. The number of rotatable bonds is 0. The van der Waals surface area contributed by atoms with Crippen LogP contribution in [0.15, 0.2) is 22.8 Å². The molecule has 0 saturated heterocycles. The number of hydrogen-bond acceptors (Lipinski definition) is 3. The molecule has 0 fully saturated rings. The molecule has 86 valence electrons. The van der Waals surface area contributed by atoms with Gasteiger partial charge in [0.25, 0.3) is 0 Å². The van der Waals surface area contributed by atoms with Crippen molar-refractivity contribution in [1.82, 2.24) is 0 Å². The van der Waals surface area contributed by atoms with Gasteiger partial charge in [-0.1, -0.05) is 5.57 Å². The molecule has 1 aromatic heterocycles. The van der Waals surface area contributed by atoms with Crippen LogP contribution in [0.1, 0.15) is 40.9 Å². The second kappa shape index (κ2) is 3.97. The monoisotopic (exact) mass is 243 g/mol. The fraction of sp³-hybridized carbons (Fsp3) is 0.286. The third-order valence-electron chi connectivity index (χ3n) is 2.85. The van der Waals surface area contributed by atoms with E-state index in [2.05, 4.69) is 6.07 Å². The second-order valence-electron chi connectivity index (χ2n) is 4.42. The standard InChI is InChI=1S/C14H13NOS/c1-7(2)11-12(8(3)6-15)10-5-9(4)17-14(10)13(11)16/h5H,1-4H3/b12-8+. The number of carbonyl (C=O) groups excluding carboxylic acids is 1. The molecule has 1 aliphatic carbocycles. The molecule has 1 aliphatic rings. The highest BCUT2D eigenvalue weighted by atomic mass is 32.1. The van der Waals surface area contributed by atoms with Gasteiger partial charge in [-0.15, -0.1) is 11.3 Å². The van der Waals surface area contributed by atoms with Gasteiger partial charge in [-0.2, -0.15) is 5.26 Å². The Balaban J connectivity index is 2.84. The molecule has 0 aliphatic heterocycles. The number of nitrogens with zero attached hydrogens (tertiary/aromatic N) is 1. The molecule has 0 unspecified atom stereocenters. The largest absolute Gasteiger partial charge is 0.288 e. The predicted octanol–water partition coefficient (Wildman–Crippen LogP) is 3.89. The van der Waals surface area contributed by atoms with E-state index in [1.165, 1.54) is 11.3 Å². The van der Waals surface area contributed by atoms with Crippen LogP contribution >= 0.6 is 11.3 Å². The van der Waals surface area contributed by atoms with E-state index in [9.17, 15) is 4.79 Å². The summed E-state index contributed by atoms with van der Waals surface area (Å²) >= 11 is 1.51. The quantitative estimate of drug-likeness (QED) is 0.512. The lowest BCUT2D eigenvalue weighted by Crippen LogP contribution is -1.97. The van der Waals surface area contributed by atoms with Crippen LogP contribution in [0.3, 0.4) is 0 Å². The zero-order chi connectivity index (χ0) is 12.7. The van der Waals surface area contributed by atoms with Gasteiger partial charge in [0.05, 0.1) is 10.9 Å². The summed E-state index contributed by atoms with van der Waals surface area (Å²) in [7, 11) is 0. The smallest absolute Gasteiger partial charge is 0.204 e. The van der Waals surface area contributed by atoms with E-state index >= 15 is 0 Å². The van der Waals surface area contributed by atoms with Crippen LogP contribution in [0.5, 0.6) is 0 Å². The van der Waals surface area contributed by atoms with Gasteiger partial charge in [0.2, 0.25) is 5.78 Å². The Labute approximate surface area is 105 Å². The van der Waals surface area contributed by atoms with Crippen LogP contribution in [0, 0.1) is 18.3 Å². The number of Topliss-reactive ketones (excluding diaryl/α,β-unsaturated/α-hetero) is 1. The lowest BCUT2D eigenvalue weighted by molar-refractivity contribution is 0.104. The van der Waals surface area contributed by atoms with Crippen LogP contribution in [-0.2, 0) is 0 Å². The van der Waals surface area contributed by atoms with Crippen molar-refractivity contribution in [2.45, 2.75) is 27.7 Å². The fourth-order valence-corrected chi connectivity index (χ4v) is 3.12. The van der Waals surface area contributed by atoms with Crippen molar-refractivity contribution in [1.29, 1.82) is 5.26 Å². The van der Waals surface area contributed by atoms with E-state index < -0.39 is 0 Å². The molecule has 0 N–H and O–H groups in total. The van der Waals surface area contributed by atoms with Gasteiger partial charge in [0, 0.05) is 27.2 Å². The van der Waals surface area contributed by atoms with Crippen molar-refractivity contribution < 1.29 is 4.79 Å². The van der Waals surface area contributed by atoms with Gasteiger partial charge < -0.3 is 0 Å². The van der Waals surface area contributed by atoms with Crippen molar-refractivity contribution in [3.8, 4) is 6.07 Å². The molecule has 1 heterocycles. The fourth-order valence-electron chi connectivity index (χ4n) is 2.15. The van der Waals surface area contributed by atoms with Crippen molar-refractivity contribution in [2.24, 2.45) is 0 Å². The summed E-state index contributed by atoms with van der Waals surface area (Å²) in [5.74, 6) is 0.0719. The summed E-state index contributed by atoms with van der Waals surface area (Å²) in [5, 5.41) is 9.08. The third-order valence-corrected chi connectivity index (χ3v) is 3.90. The summed E-state index contributed by atoms with van der Waals surface area (Å²) in [6.45, 7) is 7.59. The molecule has 1 aromatic rings. The molecule has 0 bridgehead atoms. The number of carbonyl (C=O) groups is 1. The molecule has 0 amide bonds. The molecular weight excluding hydrogens is 230 g/mol. The van der Waals surface area contributed by atoms with Gasteiger partial charge in [-0.05, 0) is 33.8 Å². The second-order valence-corrected chi connectivity index (χ2v) is 5.67. The van der Waals surface area contributed by atoms with Crippen molar-refractivity contribution >= 4 is 22.7 Å². The first-order chi connectivity index (χ1) is 7.97. The van der Waals surface area contributed by atoms with Crippen LogP contribution in [0.4, 0.5) is 0 Å². The highest BCUT2D eigenvalue weighted by molar-refractivity contribution is 7.14. The number of aryl methyl sites for hydroxylation is 1. The maximum atomic E-state index is 12.3. The van der Waals surface area contributed by atoms with E-state index in [1.54, 1.807) is 6.92 Å². The Morgan fingerprint density at radius 3 is 2.47 bits per heavy atom. The number of ketones is 1. The minimum Gasteiger partial charge on any atom is -0.288 e. The lowest BCUT2D eigenvalue weighted by atomic mass is 9.97. The molecule has 0 spiro atoms. The number of thiophene rings is 1. The van der Waals surface area contributed by atoms with Gasteiger partial charge in [0.15, 0.2) is 0 Å². The SMILES string of the molecule is CC(C)=C1C(=O)c2sc(C)cc2/C1=C(/C)C#N. The molecule has 0 aromatic carbocycles. The van der Waals surface area contributed by atoms with Gasteiger partial charge in [0.1, 0.15) is 0 Å². The zero-order valence-corrected chi connectivity index (χ0v) is 11.2. The first-order valence-corrected chi connectivity index (χ1v) is 6.23. The number of hydrogen-bond donors (Lipinski definition) is 0. The normalized spacial score (nSPS) is 16.9. The maximum Gasteiger partial charge on any atom is 0.204 e. The first kappa shape index (κ1) is 11.8. The molecule has 0 atom stereocenters. The summed E-state index contributed by atoms with van der Waals surface area (Å²) in [5.41, 5.74) is 4.07. The van der Waals surface area contributed by atoms with Crippen LogP contribution in [0.25, 0.3) is 5.57 Å². The van der Waals surface area contributed by atoms with Crippen LogP contribution < -0.4 is 0 Å². The Kier molecular flexibility index (Phi) is 2.76. The minimum absolute atomic E-state index is 0.0719. The van der Waals surface area contributed by atoms with Gasteiger partial charge >= 0.3 is 0 Å². The van der Waals surface area contributed by atoms with Crippen LogP contribution in [0.2, 0.25) is 0 Å². The van der Waals surface area contributed by atoms with E-state index in [1.807, 2.05) is 26.8 Å². The van der Waals surface area contributed by atoms with Crippen molar-refractivity contribution in [2.75, 3.05) is 0 Å².